The molecule has 0 aliphatic carbocycles. The van der Waals surface area contributed by atoms with Crippen LogP contribution in [-0.4, -0.2) is 68.3 Å². The molecule has 0 radical (unpaired) electrons. The molecule has 4 aliphatic rings. The molecule has 230 valence electrons. The molecule has 9 nitrogen and oxygen atoms in total. The molecule has 46 heavy (non-hydrogen) atoms. The molecule has 2 bridgehead atoms. The number of fused-ring (bicyclic) bond motifs is 7. The fourth-order valence-electron chi connectivity index (χ4n) is 8.28. The van der Waals surface area contributed by atoms with Crippen LogP contribution < -0.4 is 15.0 Å². The lowest BCUT2D eigenvalue weighted by Crippen LogP contribution is -2.51. The number of pyridine rings is 2. The van der Waals surface area contributed by atoms with Gasteiger partial charge in [-0.25, -0.2) is 4.39 Å². The Labute approximate surface area is 265 Å². The number of nitrogens with one attached hydrogen (secondary N) is 1. The van der Waals surface area contributed by atoms with E-state index in [0.717, 1.165) is 51.9 Å². The zero-order valence-electron chi connectivity index (χ0n) is 25.2. The van der Waals surface area contributed by atoms with Crippen molar-refractivity contribution in [3.63, 3.8) is 0 Å². The van der Waals surface area contributed by atoms with E-state index < -0.39 is 5.82 Å². The van der Waals surface area contributed by atoms with Crippen molar-refractivity contribution in [1.82, 2.24) is 30.2 Å². The second-order valence-electron chi connectivity index (χ2n) is 13.0. The largest absolute Gasteiger partial charge is 0.508 e. The third-order valence-electron chi connectivity index (χ3n) is 10.4. The molecule has 7 heterocycles. The molecule has 3 fully saturated rings. The van der Waals surface area contributed by atoms with Crippen molar-refractivity contribution in [1.29, 1.82) is 0 Å². The molecule has 10 heteroatoms. The molecular formula is C36H32FN7O2. The van der Waals surface area contributed by atoms with Gasteiger partial charge in [-0.05, 0) is 73.0 Å². The van der Waals surface area contributed by atoms with Crippen LogP contribution >= 0.6 is 0 Å². The highest BCUT2D eigenvalue weighted by atomic mass is 19.1. The molecular weight excluding hydrogens is 581 g/mol. The van der Waals surface area contributed by atoms with Gasteiger partial charge >= 0.3 is 6.01 Å². The van der Waals surface area contributed by atoms with Crippen molar-refractivity contribution in [2.24, 2.45) is 0 Å². The summed E-state index contributed by atoms with van der Waals surface area (Å²) >= 11 is 0. The first-order valence-corrected chi connectivity index (χ1v) is 15.9. The Morgan fingerprint density at radius 1 is 1.13 bits per heavy atom. The van der Waals surface area contributed by atoms with Gasteiger partial charge in [0.15, 0.2) is 5.82 Å². The van der Waals surface area contributed by atoms with E-state index in [0.29, 0.717) is 51.8 Å². The molecule has 9 rings (SSSR count). The predicted molar refractivity (Wildman–Crippen MR) is 173 cm³/mol. The minimum atomic E-state index is -0.612. The van der Waals surface area contributed by atoms with Gasteiger partial charge in [0.05, 0.1) is 10.9 Å². The van der Waals surface area contributed by atoms with Gasteiger partial charge in [-0.2, -0.15) is 9.97 Å². The lowest BCUT2D eigenvalue weighted by molar-refractivity contribution is 0.0825. The monoisotopic (exact) mass is 613 g/mol. The van der Waals surface area contributed by atoms with Crippen LogP contribution in [0.25, 0.3) is 32.9 Å². The SMILES string of the molecule is C#Cc1cccc2cc(O)cc(-c3ncc4c(N5CC6CCC(C5)N6)nc(OCC56CCCN5Cc5ccncc56)nc4c3F)c12. The number of aromatic nitrogens is 4. The summed E-state index contributed by atoms with van der Waals surface area (Å²) in [6.07, 6.45) is 15.5. The van der Waals surface area contributed by atoms with Gasteiger partial charge in [-0.15, -0.1) is 6.42 Å². The Balaban J connectivity index is 1.19. The first kappa shape index (κ1) is 27.5. The third-order valence-corrected chi connectivity index (χ3v) is 10.4. The van der Waals surface area contributed by atoms with Crippen molar-refractivity contribution in [3.05, 3.63) is 77.5 Å². The van der Waals surface area contributed by atoms with E-state index in [4.69, 9.17) is 21.1 Å². The molecule has 5 aromatic rings. The van der Waals surface area contributed by atoms with Crippen LogP contribution in [0.3, 0.4) is 0 Å². The molecule has 4 aliphatic heterocycles. The molecule has 0 amide bonds. The van der Waals surface area contributed by atoms with Crippen LogP contribution in [0.15, 0.2) is 55.0 Å². The van der Waals surface area contributed by atoms with Crippen molar-refractivity contribution in [3.8, 4) is 35.4 Å². The van der Waals surface area contributed by atoms with Crippen LogP contribution in [0.1, 0.15) is 42.4 Å². The number of nitrogens with zero attached hydrogens (tertiary/aromatic N) is 6. The zero-order valence-corrected chi connectivity index (χ0v) is 25.2. The minimum absolute atomic E-state index is 0.00614. The summed E-state index contributed by atoms with van der Waals surface area (Å²) in [5.41, 5.74) is 3.31. The fraction of sp³-hybridized carbons (Fsp3) is 0.333. The number of anilines is 1. The van der Waals surface area contributed by atoms with Crippen molar-refractivity contribution in [2.45, 2.75) is 49.9 Å². The molecule has 3 saturated heterocycles. The van der Waals surface area contributed by atoms with Crippen molar-refractivity contribution >= 4 is 27.5 Å². The number of hydrogen-bond donors (Lipinski definition) is 2. The first-order chi connectivity index (χ1) is 22.5. The lowest BCUT2D eigenvalue weighted by atomic mass is 9.90. The Kier molecular flexibility index (Phi) is 6.17. The second-order valence-corrected chi connectivity index (χ2v) is 13.0. The summed E-state index contributed by atoms with van der Waals surface area (Å²) in [6.45, 7) is 3.68. The number of piperazine rings is 1. The molecule has 3 aromatic heterocycles. The number of benzene rings is 2. The first-order valence-electron chi connectivity index (χ1n) is 15.9. The molecule has 0 saturated carbocycles. The van der Waals surface area contributed by atoms with Gasteiger partial charge in [-0.3, -0.25) is 14.9 Å². The highest BCUT2D eigenvalue weighted by Gasteiger charge is 2.49. The highest BCUT2D eigenvalue weighted by molar-refractivity contribution is 6.02. The normalized spacial score (nSPS) is 23.5. The van der Waals surface area contributed by atoms with Gasteiger partial charge in [0.25, 0.3) is 0 Å². The Hall–Kier alpha value is -4.85. The number of rotatable bonds is 5. The number of terminal acetylenes is 1. The maximum atomic E-state index is 16.9. The number of halogens is 1. The molecule has 2 N–H and O–H groups in total. The average Bonchev–Trinajstić information content (AvgIpc) is 3.73. The number of phenols is 1. The standard InChI is InChI=1S/C36H32FN7O2/c1-2-21-5-3-6-22-13-26(45)14-27(30(21)22)32-31(37)33-28(15-39-32)34(43-18-24-7-8-25(19-43)40-24)42-35(41-33)46-20-36-10-4-12-44(36)17-23-9-11-38-16-29(23)36/h1,3,5-6,9,11,13-16,24-25,40,45H,4,7-8,10,12,17-20H2. The lowest BCUT2D eigenvalue weighted by Gasteiger charge is -2.35. The van der Waals surface area contributed by atoms with Gasteiger partial charge in [0, 0.05) is 66.8 Å². The fourth-order valence-corrected chi connectivity index (χ4v) is 8.28. The topological polar surface area (TPSA) is 99.5 Å². The van der Waals surface area contributed by atoms with Gasteiger partial charge in [0.1, 0.15) is 29.4 Å². The maximum Gasteiger partial charge on any atom is 0.319 e. The maximum absolute atomic E-state index is 16.9. The van der Waals surface area contributed by atoms with Crippen LogP contribution in [0.4, 0.5) is 10.2 Å². The summed E-state index contributed by atoms with van der Waals surface area (Å²) in [5, 5.41) is 16.1. The summed E-state index contributed by atoms with van der Waals surface area (Å²) in [4.78, 5) is 23.4. The van der Waals surface area contributed by atoms with Crippen LogP contribution in [0.2, 0.25) is 0 Å². The van der Waals surface area contributed by atoms with Crippen molar-refractivity contribution in [2.75, 3.05) is 31.1 Å². The van der Waals surface area contributed by atoms with Gasteiger partial charge in [0.2, 0.25) is 0 Å². The van der Waals surface area contributed by atoms with E-state index in [1.165, 1.54) is 17.2 Å². The molecule has 2 aromatic carbocycles. The molecule has 3 atom stereocenters. The van der Waals surface area contributed by atoms with Crippen molar-refractivity contribution < 1.29 is 14.2 Å². The summed E-state index contributed by atoms with van der Waals surface area (Å²) < 4.78 is 23.4. The van der Waals surface area contributed by atoms with E-state index in [1.807, 2.05) is 24.5 Å². The number of aromatic hydroxyl groups is 1. The smallest absolute Gasteiger partial charge is 0.319 e. The Bertz CT molecular complexity index is 2090. The summed E-state index contributed by atoms with van der Waals surface area (Å²) in [7, 11) is 0. The highest BCUT2D eigenvalue weighted by Crippen LogP contribution is 2.47. The van der Waals surface area contributed by atoms with E-state index in [1.54, 1.807) is 18.3 Å². The van der Waals surface area contributed by atoms with Crippen LogP contribution in [0.5, 0.6) is 11.8 Å². The van der Waals surface area contributed by atoms with Gasteiger partial charge < -0.3 is 20.1 Å². The summed E-state index contributed by atoms with van der Waals surface area (Å²) in [5.74, 6) is 2.70. The minimum Gasteiger partial charge on any atom is -0.508 e. The van der Waals surface area contributed by atoms with E-state index in [-0.39, 0.29) is 28.5 Å². The zero-order chi connectivity index (χ0) is 31.0. The van der Waals surface area contributed by atoms with E-state index >= 15 is 4.39 Å². The number of ether oxygens (including phenoxy) is 1. The van der Waals surface area contributed by atoms with E-state index in [2.05, 4.69) is 37.1 Å². The second kappa shape index (κ2) is 10.3. The quantitative estimate of drug-likeness (QED) is 0.269. The summed E-state index contributed by atoms with van der Waals surface area (Å²) in [6, 6.07) is 11.5. The molecule has 3 unspecified atom stereocenters. The molecule has 0 spiro atoms. The van der Waals surface area contributed by atoms with Crippen LogP contribution in [-0.2, 0) is 12.1 Å². The average molecular weight is 614 g/mol. The predicted octanol–water partition coefficient (Wildman–Crippen LogP) is 4.89. The Morgan fingerprint density at radius 2 is 2.00 bits per heavy atom. The number of hydrogen-bond acceptors (Lipinski definition) is 9. The number of phenolic OH excluding ortho intramolecular Hbond substituents is 1. The Morgan fingerprint density at radius 3 is 2.85 bits per heavy atom. The van der Waals surface area contributed by atoms with Crippen LogP contribution in [0, 0.1) is 18.2 Å². The third kappa shape index (κ3) is 4.15. The van der Waals surface area contributed by atoms with E-state index in [9.17, 15) is 5.11 Å². The van der Waals surface area contributed by atoms with Gasteiger partial charge in [-0.1, -0.05) is 18.1 Å².